The van der Waals surface area contributed by atoms with Gasteiger partial charge in [-0.15, -0.1) is 5.10 Å². The fraction of sp³-hybridized carbons (Fsp3) is 0.333. The highest BCUT2D eigenvalue weighted by atomic mass is 19.1. The summed E-state index contributed by atoms with van der Waals surface area (Å²) >= 11 is 0. The molecular formula is C12H15FN4. The lowest BCUT2D eigenvalue weighted by Crippen LogP contribution is -2.03. The van der Waals surface area contributed by atoms with Crippen LogP contribution in [0.15, 0.2) is 18.3 Å². The number of hydrogen-bond donors (Lipinski definition) is 1. The average molecular weight is 234 g/mol. The zero-order valence-corrected chi connectivity index (χ0v) is 9.94. The monoisotopic (exact) mass is 234 g/mol. The number of nitrogen functional groups attached to an aromatic ring is 1. The zero-order valence-electron chi connectivity index (χ0n) is 9.94. The Balaban J connectivity index is 2.52. The molecule has 1 aromatic heterocycles. The van der Waals surface area contributed by atoms with Gasteiger partial charge in [0.15, 0.2) is 0 Å². The number of benzene rings is 1. The van der Waals surface area contributed by atoms with Gasteiger partial charge in [0.2, 0.25) is 0 Å². The minimum Gasteiger partial charge on any atom is -0.398 e. The first-order chi connectivity index (χ1) is 8.13. The molecule has 0 radical (unpaired) electrons. The smallest absolute Gasteiger partial charge is 0.133 e. The van der Waals surface area contributed by atoms with E-state index >= 15 is 0 Å². The third-order valence-electron chi connectivity index (χ3n) is 2.68. The average Bonchev–Trinajstić information content (AvgIpc) is 2.72. The molecule has 0 spiro atoms. The number of halogens is 1. The highest BCUT2D eigenvalue weighted by Gasteiger charge is 2.12. The summed E-state index contributed by atoms with van der Waals surface area (Å²) in [6.45, 7) is 4.53. The second-order valence-corrected chi connectivity index (χ2v) is 4.03. The third kappa shape index (κ3) is 2.13. The van der Waals surface area contributed by atoms with Gasteiger partial charge < -0.3 is 5.73 Å². The van der Waals surface area contributed by atoms with E-state index in [4.69, 9.17) is 5.73 Å². The van der Waals surface area contributed by atoms with Crippen LogP contribution in [0, 0.1) is 12.7 Å². The van der Waals surface area contributed by atoms with Gasteiger partial charge in [0, 0.05) is 17.8 Å². The van der Waals surface area contributed by atoms with Crippen molar-refractivity contribution in [1.82, 2.24) is 15.0 Å². The topological polar surface area (TPSA) is 56.7 Å². The molecule has 0 atom stereocenters. The summed E-state index contributed by atoms with van der Waals surface area (Å²) in [6, 6.07) is 3.07. The molecule has 2 aromatic rings. The summed E-state index contributed by atoms with van der Waals surface area (Å²) in [5.41, 5.74) is 8.23. The van der Waals surface area contributed by atoms with Crippen LogP contribution in [-0.2, 0) is 6.54 Å². The first-order valence-electron chi connectivity index (χ1n) is 5.58. The van der Waals surface area contributed by atoms with E-state index in [1.807, 2.05) is 6.92 Å². The largest absolute Gasteiger partial charge is 0.398 e. The van der Waals surface area contributed by atoms with Crippen LogP contribution in [0.25, 0.3) is 11.3 Å². The molecule has 0 bridgehead atoms. The van der Waals surface area contributed by atoms with Gasteiger partial charge in [-0.05, 0) is 31.0 Å². The fourth-order valence-electron chi connectivity index (χ4n) is 1.73. The molecule has 0 aliphatic heterocycles. The lowest BCUT2D eigenvalue weighted by atomic mass is 10.1. The Bertz CT molecular complexity index is 533. The molecule has 0 amide bonds. The predicted octanol–water partition coefficient (Wildman–Crippen LogP) is 2.38. The van der Waals surface area contributed by atoms with Crippen molar-refractivity contribution in [2.24, 2.45) is 0 Å². The second kappa shape index (κ2) is 4.53. The normalized spacial score (nSPS) is 10.8. The minimum absolute atomic E-state index is 0.295. The Hall–Kier alpha value is -1.91. The van der Waals surface area contributed by atoms with Crippen molar-refractivity contribution in [3.63, 3.8) is 0 Å². The molecule has 1 aromatic carbocycles. The molecular weight excluding hydrogens is 219 g/mol. The Morgan fingerprint density at radius 3 is 2.88 bits per heavy atom. The van der Waals surface area contributed by atoms with Crippen molar-refractivity contribution in [2.45, 2.75) is 26.8 Å². The standard InChI is InChI=1S/C12H15FN4/c1-3-4-17-12(7-15-16-17)9-6-11(14)8(2)5-10(9)13/h5-7H,3-4,14H2,1-2H3. The van der Waals surface area contributed by atoms with Crippen molar-refractivity contribution in [2.75, 3.05) is 5.73 Å². The maximum atomic E-state index is 13.9. The van der Waals surface area contributed by atoms with E-state index in [-0.39, 0.29) is 5.82 Å². The lowest BCUT2D eigenvalue weighted by molar-refractivity contribution is 0.578. The van der Waals surface area contributed by atoms with Gasteiger partial charge in [-0.3, -0.25) is 0 Å². The molecule has 0 unspecified atom stereocenters. The Morgan fingerprint density at radius 2 is 2.18 bits per heavy atom. The van der Waals surface area contributed by atoms with Crippen LogP contribution in [0.3, 0.4) is 0 Å². The number of aromatic nitrogens is 3. The summed E-state index contributed by atoms with van der Waals surface area (Å²) in [5, 5.41) is 7.75. The summed E-state index contributed by atoms with van der Waals surface area (Å²) < 4.78 is 15.6. The number of nitrogens with two attached hydrogens (primary N) is 1. The highest BCUT2D eigenvalue weighted by Crippen LogP contribution is 2.26. The highest BCUT2D eigenvalue weighted by molar-refractivity contribution is 5.66. The summed E-state index contributed by atoms with van der Waals surface area (Å²) in [4.78, 5) is 0. The molecule has 0 aliphatic rings. The maximum absolute atomic E-state index is 13.9. The molecule has 2 N–H and O–H groups in total. The van der Waals surface area contributed by atoms with Crippen molar-refractivity contribution < 1.29 is 4.39 Å². The van der Waals surface area contributed by atoms with Gasteiger partial charge in [-0.2, -0.15) is 0 Å². The van der Waals surface area contributed by atoms with E-state index in [0.717, 1.165) is 12.0 Å². The minimum atomic E-state index is -0.295. The van der Waals surface area contributed by atoms with Gasteiger partial charge in [-0.25, -0.2) is 9.07 Å². The van der Waals surface area contributed by atoms with Crippen LogP contribution in [0.1, 0.15) is 18.9 Å². The van der Waals surface area contributed by atoms with Crippen molar-refractivity contribution >= 4 is 5.69 Å². The number of rotatable bonds is 3. The van der Waals surface area contributed by atoms with Crippen LogP contribution in [-0.4, -0.2) is 15.0 Å². The summed E-state index contributed by atoms with van der Waals surface area (Å²) in [5.74, 6) is -0.295. The number of anilines is 1. The molecule has 5 heteroatoms. The number of nitrogens with zero attached hydrogens (tertiary/aromatic N) is 3. The molecule has 0 fully saturated rings. The Morgan fingerprint density at radius 1 is 1.41 bits per heavy atom. The van der Waals surface area contributed by atoms with Crippen LogP contribution in [0.4, 0.5) is 10.1 Å². The molecule has 90 valence electrons. The Kier molecular flexibility index (Phi) is 3.08. The summed E-state index contributed by atoms with van der Waals surface area (Å²) in [7, 11) is 0. The predicted molar refractivity (Wildman–Crippen MR) is 64.9 cm³/mol. The first-order valence-corrected chi connectivity index (χ1v) is 5.58. The van der Waals surface area contributed by atoms with E-state index in [0.29, 0.717) is 23.5 Å². The molecule has 0 aliphatic carbocycles. The maximum Gasteiger partial charge on any atom is 0.133 e. The van der Waals surface area contributed by atoms with Crippen LogP contribution < -0.4 is 5.73 Å². The van der Waals surface area contributed by atoms with Gasteiger partial charge >= 0.3 is 0 Å². The van der Waals surface area contributed by atoms with Crippen LogP contribution >= 0.6 is 0 Å². The first kappa shape index (κ1) is 11.6. The number of aryl methyl sites for hydroxylation is 2. The van der Waals surface area contributed by atoms with Gasteiger partial charge in [-0.1, -0.05) is 12.1 Å². The number of hydrogen-bond acceptors (Lipinski definition) is 3. The van der Waals surface area contributed by atoms with E-state index in [1.165, 1.54) is 6.07 Å². The zero-order chi connectivity index (χ0) is 12.4. The fourth-order valence-corrected chi connectivity index (χ4v) is 1.73. The van der Waals surface area contributed by atoms with Crippen molar-refractivity contribution in [3.05, 3.63) is 29.7 Å². The van der Waals surface area contributed by atoms with Crippen LogP contribution in [0.5, 0.6) is 0 Å². The SMILES string of the molecule is CCCn1nncc1-c1cc(N)c(C)cc1F. The van der Waals surface area contributed by atoms with Gasteiger partial charge in [0.05, 0.1) is 11.9 Å². The van der Waals surface area contributed by atoms with Crippen LogP contribution in [0.2, 0.25) is 0 Å². The van der Waals surface area contributed by atoms with E-state index < -0.39 is 0 Å². The van der Waals surface area contributed by atoms with Gasteiger partial charge in [0.1, 0.15) is 5.82 Å². The van der Waals surface area contributed by atoms with Crippen molar-refractivity contribution in [3.8, 4) is 11.3 Å². The Labute approximate surface area is 99.2 Å². The molecule has 2 rings (SSSR count). The lowest BCUT2D eigenvalue weighted by Gasteiger charge is -2.08. The van der Waals surface area contributed by atoms with Gasteiger partial charge in [0.25, 0.3) is 0 Å². The van der Waals surface area contributed by atoms with E-state index in [9.17, 15) is 4.39 Å². The van der Waals surface area contributed by atoms with E-state index in [1.54, 1.807) is 23.9 Å². The molecule has 0 saturated heterocycles. The van der Waals surface area contributed by atoms with E-state index in [2.05, 4.69) is 10.3 Å². The second-order valence-electron chi connectivity index (χ2n) is 4.03. The third-order valence-corrected chi connectivity index (χ3v) is 2.68. The molecule has 17 heavy (non-hydrogen) atoms. The summed E-state index contributed by atoms with van der Waals surface area (Å²) in [6.07, 6.45) is 2.47. The molecule has 4 nitrogen and oxygen atoms in total. The molecule has 1 heterocycles. The van der Waals surface area contributed by atoms with Crippen molar-refractivity contribution in [1.29, 1.82) is 0 Å². The quantitative estimate of drug-likeness (QED) is 0.829. The molecule has 0 saturated carbocycles.